The van der Waals surface area contributed by atoms with Gasteiger partial charge < -0.3 is 4.90 Å². The predicted octanol–water partition coefficient (Wildman–Crippen LogP) is 2.12. The fourth-order valence-corrected chi connectivity index (χ4v) is 3.33. The average Bonchev–Trinajstić information content (AvgIpc) is 3.12. The van der Waals surface area contributed by atoms with Gasteiger partial charge >= 0.3 is 0 Å². The van der Waals surface area contributed by atoms with Crippen LogP contribution in [0, 0.1) is 11.8 Å². The zero-order valence-corrected chi connectivity index (χ0v) is 11.2. The second-order valence-corrected chi connectivity index (χ2v) is 6.56. The van der Waals surface area contributed by atoms with Gasteiger partial charge in [-0.2, -0.15) is 0 Å². The maximum Gasteiger partial charge on any atom is 0.244 e. The van der Waals surface area contributed by atoms with E-state index >= 15 is 0 Å². The summed E-state index contributed by atoms with van der Waals surface area (Å²) in [5.74, 6) is 1.82. The summed E-state index contributed by atoms with van der Waals surface area (Å²) in [7, 11) is 0. The van der Waals surface area contributed by atoms with Crippen molar-refractivity contribution in [3.63, 3.8) is 0 Å². The van der Waals surface area contributed by atoms with Gasteiger partial charge in [0, 0.05) is 6.04 Å². The topological polar surface area (TPSA) is 32.3 Å². The van der Waals surface area contributed by atoms with E-state index in [1.807, 2.05) is 0 Å². The number of nitrogens with one attached hydrogen (secondary N) is 1. The maximum absolute atomic E-state index is 12.5. The lowest BCUT2D eigenvalue weighted by molar-refractivity contribution is -0.131. The van der Waals surface area contributed by atoms with E-state index in [-0.39, 0.29) is 5.54 Å². The highest BCUT2D eigenvalue weighted by Gasteiger charge is 2.62. The highest BCUT2D eigenvalue weighted by molar-refractivity contribution is 5.92. The van der Waals surface area contributed by atoms with Crippen molar-refractivity contribution < 1.29 is 4.79 Å². The summed E-state index contributed by atoms with van der Waals surface area (Å²) in [5.41, 5.74) is -0.125. The molecule has 0 bridgehead atoms. The van der Waals surface area contributed by atoms with E-state index in [0.717, 1.165) is 25.2 Å². The molecule has 1 aliphatic heterocycles. The minimum atomic E-state index is -0.125. The van der Waals surface area contributed by atoms with Crippen molar-refractivity contribution in [3.8, 4) is 0 Å². The summed E-state index contributed by atoms with van der Waals surface area (Å²) >= 11 is 0. The van der Waals surface area contributed by atoms with E-state index in [2.05, 4.69) is 31.0 Å². The van der Waals surface area contributed by atoms with Crippen LogP contribution in [-0.2, 0) is 4.79 Å². The van der Waals surface area contributed by atoms with Crippen LogP contribution in [0.1, 0.15) is 52.9 Å². The van der Waals surface area contributed by atoms with Gasteiger partial charge in [0.05, 0.1) is 11.7 Å². The second kappa shape index (κ2) is 3.71. The standard InChI is InChI=1S/C14H24N2O/c1-4-10-8-11(10)16-12(7-9(2)3)15-14(5-6-14)13(16)17/h9-12,15H,4-8H2,1-3H3. The van der Waals surface area contributed by atoms with Gasteiger partial charge in [0.2, 0.25) is 5.91 Å². The van der Waals surface area contributed by atoms with Crippen LogP contribution in [0.5, 0.6) is 0 Å². The third kappa shape index (κ3) is 1.79. The number of nitrogens with zero attached hydrogens (tertiary/aromatic N) is 1. The molecule has 0 radical (unpaired) electrons. The van der Waals surface area contributed by atoms with Gasteiger partial charge in [-0.1, -0.05) is 27.2 Å². The number of amides is 1. The van der Waals surface area contributed by atoms with Crippen molar-refractivity contribution in [2.45, 2.75) is 70.6 Å². The van der Waals surface area contributed by atoms with Gasteiger partial charge in [-0.25, -0.2) is 0 Å². The summed E-state index contributed by atoms with van der Waals surface area (Å²) in [6, 6.07) is 0.545. The molecule has 1 amide bonds. The molecule has 3 unspecified atom stereocenters. The van der Waals surface area contributed by atoms with Crippen molar-refractivity contribution in [2.24, 2.45) is 11.8 Å². The van der Waals surface area contributed by atoms with Crippen molar-refractivity contribution in [2.75, 3.05) is 0 Å². The molecule has 2 saturated carbocycles. The van der Waals surface area contributed by atoms with Crippen LogP contribution >= 0.6 is 0 Å². The Labute approximate surface area is 104 Å². The summed E-state index contributed by atoms with van der Waals surface area (Å²) in [6.07, 6.45) is 5.97. The molecule has 17 heavy (non-hydrogen) atoms. The number of hydrogen-bond donors (Lipinski definition) is 1. The Bertz CT molecular complexity index is 335. The fraction of sp³-hybridized carbons (Fsp3) is 0.929. The molecule has 1 spiro atoms. The first-order chi connectivity index (χ1) is 8.07. The lowest BCUT2D eigenvalue weighted by Gasteiger charge is -2.26. The Morgan fingerprint density at radius 1 is 1.47 bits per heavy atom. The molecule has 1 saturated heterocycles. The Kier molecular flexibility index (Phi) is 2.51. The van der Waals surface area contributed by atoms with E-state index in [0.29, 0.717) is 24.0 Å². The lowest BCUT2D eigenvalue weighted by Crippen LogP contribution is -2.40. The normalized spacial score (nSPS) is 38.2. The zero-order valence-electron chi connectivity index (χ0n) is 11.2. The third-order valence-electron chi connectivity index (χ3n) is 4.63. The van der Waals surface area contributed by atoms with Gasteiger partial charge in [0.15, 0.2) is 0 Å². The number of carbonyl (C=O) groups is 1. The molecule has 3 atom stereocenters. The predicted molar refractivity (Wildman–Crippen MR) is 67.4 cm³/mol. The summed E-state index contributed by atoms with van der Waals surface area (Å²) in [5, 5.41) is 3.61. The van der Waals surface area contributed by atoms with Crippen LogP contribution in [0.4, 0.5) is 0 Å². The molecule has 0 aromatic carbocycles. The van der Waals surface area contributed by atoms with Crippen LogP contribution in [0.2, 0.25) is 0 Å². The number of rotatable bonds is 4. The molecule has 3 rings (SSSR count). The molecular formula is C14H24N2O. The number of hydrogen-bond acceptors (Lipinski definition) is 2. The van der Waals surface area contributed by atoms with Crippen LogP contribution in [0.25, 0.3) is 0 Å². The van der Waals surface area contributed by atoms with E-state index in [1.54, 1.807) is 0 Å². The average molecular weight is 236 g/mol. The third-order valence-corrected chi connectivity index (χ3v) is 4.63. The first-order valence-electron chi connectivity index (χ1n) is 7.18. The quantitative estimate of drug-likeness (QED) is 0.811. The van der Waals surface area contributed by atoms with Gasteiger partial charge in [0.1, 0.15) is 0 Å². The van der Waals surface area contributed by atoms with Gasteiger partial charge in [-0.15, -0.1) is 0 Å². The number of carbonyl (C=O) groups excluding carboxylic acids is 1. The Morgan fingerprint density at radius 2 is 2.18 bits per heavy atom. The largest absolute Gasteiger partial charge is 0.322 e. The summed E-state index contributed by atoms with van der Waals surface area (Å²) < 4.78 is 0. The molecule has 1 heterocycles. The minimum absolute atomic E-state index is 0.125. The zero-order chi connectivity index (χ0) is 12.2. The van der Waals surface area contributed by atoms with Crippen molar-refractivity contribution in [3.05, 3.63) is 0 Å². The van der Waals surface area contributed by atoms with E-state index in [4.69, 9.17) is 0 Å². The Hall–Kier alpha value is -0.570. The molecule has 0 aromatic rings. The first kappa shape index (κ1) is 11.5. The molecular weight excluding hydrogens is 212 g/mol. The van der Waals surface area contributed by atoms with Gasteiger partial charge in [-0.05, 0) is 37.5 Å². The second-order valence-electron chi connectivity index (χ2n) is 6.56. The van der Waals surface area contributed by atoms with Crippen LogP contribution in [0.15, 0.2) is 0 Å². The van der Waals surface area contributed by atoms with Crippen LogP contribution < -0.4 is 5.32 Å². The van der Waals surface area contributed by atoms with E-state index < -0.39 is 0 Å². The molecule has 2 aliphatic carbocycles. The minimum Gasteiger partial charge on any atom is -0.322 e. The molecule has 3 nitrogen and oxygen atoms in total. The van der Waals surface area contributed by atoms with Crippen LogP contribution in [-0.4, -0.2) is 28.6 Å². The molecule has 3 aliphatic rings. The fourth-order valence-electron chi connectivity index (χ4n) is 3.33. The molecule has 96 valence electrons. The summed E-state index contributed by atoms with van der Waals surface area (Å²) in [4.78, 5) is 14.7. The molecule has 3 heteroatoms. The highest BCUT2D eigenvalue weighted by Crippen LogP contribution is 2.49. The van der Waals surface area contributed by atoms with Crippen molar-refractivity contribution in [1.82, 2.24) is 10.2 Å². The molecule has 3 fully saturated rings. The highest BCUT2D eigenvalue weighted by atomic mass is 16.2. The Balaban J connectivity index is 1.75. The molecule has 1 N–H and O–H groups in total. The molecule has 0 aromatic heterocycles. The SMILES string of the molecule is CCC1CC1N1C(=O)C2(CC2)NC1CC(C)C. The van der Waals surface area contributed by atoms with E-state index in [9.17, 15) is 4.79 Å². The first-order valence-corrected chi connectivity index (χ1v) is 7.18. The monoisotopic (exact) mass is 236 g/mol. The van der Waals surface area contributed by atoms with Crippen LogP contribution in [0.3, 0.4) is 0 Å². The van der Waals surface area contributed by atoms with Crippen molar-refractivity contribution in [1.29, 1.82) is 0 Å². The summed E-state index contributed by atoms with van der Waals surface area (Å²) in [6.45, 7) is 6.72. The Morgan fingerprint density at radius 3 is 2.65 bits per heavy atom. The maximum atomic E-state index is 12.5. The van der Waals surface area contributed by atoms with Crippen molar-refractivity contribution >= 4 is 5.91 Å². The lowest BCUT2D eigenvalue weighted by atomic mass is 10.1. The smallest absolute Gasteiger partial charge is 0.244 e. The van der Waals surface area contributed by atoms with Gasteiger partial charge in [0.25, 0.3) is 0 Å². The van der Waals surface area contributed by atoms with E-state index in [1.165, 1.54) is 12.8 Å². The van der Waals surface area contributed by atoms with Gasteiger partial charge in [-0.3, -0.25) is 10.1 Å².